The summed E-state index contributed by atoms with van der Waals surface area (Å²) < 4.78 is 5.36. The first kappa shape index (κ1) is 17.2. The van der Waals surface area contributed by atoms with Crippen molar-refractivity contribution in [2.24, 2.45) is 0 Å². The molecule has 8 nitrogen and oxygen atoms in total. The number of ether oxygens (including phenoxy) is 1. The molecule has 2 rings (SSSR count). The highest BCUT2D eigenvalue weighted by Gasteiger charge is 2.07. The third-order valence-corrected chi connectivity index (χ3v) is 2.78. The van der Waals surface area contributed by atoms with Crippen LogP contribution in [0.25, 0.3) is 0 Å². The van der Waals surface area contributed by atoms with E-state index in [1.165, 1.54) is 0 Å². The number of hydrogen-bond acceptors (Lipinski definition) is 5. The van der Waals surface area contributed by atoms with Crippen LogP contribution in [0.4, 0.5) is 16.3 Å². The van der Waals surface area contributed by atoms with Gasteiger partial charge in [0, 0.05) is 11.8 Å². The van der Waals surface area contributed by atoms with Gasteiger partial charge in [-0.05, 0) is 37.6 Å². The average molecular weight is 330 g/mol. The molecule has 1 aromatic carbocycles. The molecule has 0 aliphatic carbocycles. The largest absolute Gasteiger partial charge is 0.481 e. The lowest BCUT2D eigenvalue weighted by molar-refractivity contribution is -0.136. The average Bonchev–Trinajstić information content (AvgIpc) is 2.48. The number of carboxylic acids is 1. The minimum Gasteiger partial charge on any atom is -0.481 e. The number of amides is 2. The van der Waals surface area contributed by atoms with Crippen LogP contribution >= 0.6 is 0 Å². The molecule has 126 valence electrons. The fourth-order valence-electron chi connectivity index (χ4n) is 1.90. The number of benzene rings is 1. The lowest BCUT2D eigenvalue weighted by Gasteiger charge is -2.09. The minimum absolute atomic E-state index is 0.0144. The lowest BCUT2D eigenvalue weighted by atomic mass is 10.1. The molecular formula is C16H18N4O4. The second kappa shape index (κ2) is 7.91. The Balaban J connectivity index is 1.94. The van der Waals surface area contributed by atoms with Crippen molar-refractivity contribution in [1.29, 1.82) is 0 Å². The van der Waals surface area contributed by atoms with E-state index in [4.69, 9.17) is 9.84 Å². The summed E-state index contributed by atoms with van der Waals surface area (Å²) >= 11 is 0. The first-order chi connectivity index (χ1) is 11.4. The summed E-state index contributed by atoms with van der Waals surface area (Å²) in [7, 11) is 0. The van der Waals surface area contributed by atoms with E-state index in [1.54, 1.807) is 36.4 Å². The molecule has 1 aromatic heterocycles. The van der Waals surface area contributed by atoms with E-state index < -0.39 is 12.0 Å². The van der Waals surface area contributed by atoms with Crippen LogP contribution in [-0.4, -0.2) is 33.4 Å². The molecule has 0 atom stereocenters. The van der Waals surface area contributed by atoms with Gasteiger partial charge in [-0.15, -0.1) is 10.2 Å². The van der Waals surface area contributed by atoms with Crippen molar-refractivity contribution in [2.75, 3.05) is 10.6 Å². The van der Waals surface area contributed by atoms with Gasteiger partial charge in [0.05, 0.1) is 12.5 Å². The zero-order valence-corrected chi connectivity index (χ0v) is 13.3. The summed E-state index contributed by atoms with van der Waals surface area (Å²) in [5.74, 6) is -0.293. The molecule has 0 aliphatic heterocycles. The molecule has 2 amide bonds. The number of anilines is 2. The fraction of sp³-hybridized carbons (Fsp3) is 0.250. The zero-order valence-electron chi connectivity index (χ0n) is 13.3. The standard InChI is InChI=1S/C16H18N4O4/c1-10(2)24-14-7-6-13(19-20-14)18-16(23)17-12-5-3-4-11(8-12)9-15(21)22/h3-8,10H,9H2,1-2H3,(H,21,22)(H2,17,18,19,23). The summed E-state index contributed by atoms with van der Waals surface area (Å²) in [5.41, 5.74) is 1.08. The number of urea groups is 1. The van der Waals surface area contributed by atoms with Gasteiger partial charge in [-0.3, -0.25) is 10.1 Å². The number of aliphatic carboxylic acids is 1. The van der Waals surface area contributed by atoms with Crippen molar-refractivity contribution in [3.63, 3.8) is 0 Å². The Morgan fingerprint density at radius 2 is 1.96 bits per heavy atom. The summed E-state index contributed by atoms with van der Waals surface area (Å²) in [6.45, 7) is 3.75. The quantitative estimate of drug-likeness (QED) is 0.750. The van der Waals surface area contributed by atoms with Gasteiger partial charge in [0.2, 0.25) is 5.88 Å². The summed E-state index contributed by atoms with van der Waals surface area (Å²) in [4.78, 5) is 22.7. The molecule has 0 fully saturated rings. The minimum atomic E-state index is -0.935. The second-order valence-electron chi connectivity index (χ2n) is 5.27. The van der Waals surface area contributed by atoms with Crippen molar-refractivity contribution in [3.05, 3.63) is 42.0 Å². The molecule has 1 heterocycles. The van der Waals surface area contributed by atoms with Crippen LogP contribution in [0.1, 0.15) is 19.4 Å². The molecular weight excluding hydrogens is 312 g/mol. The van der Waals surface area contributed by atoms with Gasteiger partial charge in [-0.25, -0.2) is 4.79 Å². The number of carbonyl (C=O) groups excluding carboxylic acids is 1. The summed E-state index contributed by atoms with van der Waals surface area (Å²) in [6, 6.07) is 9.28. The Hall–Kier alpha value is -3.16. The Bertz CT molecular complexity index is 716. The number of hydrogen-bond donors (Lipinski definition) is 3. The fourth-order valence-corrected chi connectivity index (χ4v) is 1.90. The van der Waals surface area contributed by atoms with Crippen LogP contribution in [0.15, 0.2) is 36.4 Å². The molecule has 8 heteroatoms. The van der Waals surface area contributed by atoms with Gasteiger partial charge < -0.3 is 15.2 Å². The second-order valence-corrected chi connectivity index (χ2v) is 5.27. The van der Waals surface area contributed by atoms with Gasteiger partial charge >= 0.3 is 12.0 Å². The molecule has 0 spiro atoms. The molecule has 2 aromatic rings. The third-order valence-electron chi connectivity index (χ3n) is 2.78. The number of nitrogens with zero attached hydrogens (tertiary/aromatic N) is 2. The van der Waals surface area contributed by atoms with E-state index in [0.29, 0.717) is 17.1 Å². The van der Waals surface area contributed by atoms with Crippen molar-refractivity contribution in [1.82, 2.24) is 10.2 Å². The predicted octanol–water partition coefficient (Wildman–Crippen LogP) is 2.53. The van der Waals surface area contributed by atoms with Gasteiger partial charge in [0.25, 0.3) is 0 Å². The number of carboxylic acid groups (broad SMARTS) is 1. The molecule has 0 bridgehead atoms. The highest BCUT2D eigenvalue weighted by Crippen LogP contribution is 2.13. The van der Waals surface area contributed by atoms with E-state index >= 15 is 0 Å². The Kier molecular flexibility index (Phi) is 5.67. The van der Waals surface area contributed by atoms with Crippen LogP contribution in [0.3, 0.4) is 0 Å². The van der Waals surface area contributed by atoms with Crippen LogP contribution in [0, 0.1) is 0 Å². The van der Waals surface area contributed by atoms with Gasteiger partial charge in [-0.2, -0.15) is 0 Å². The Labute approximate surface area is 138 Å². The first-order valence-electron chi connectivity index (χ1n) is 7.31. The maximum atomic E-state index is 11.9. The molecule has 0 aliphatic rings. The summed E-state index contributed by atoms with van der Waals surface area (Å²) in [5, 5.41) is 21.6. The van der Waals surface area contributed by atoms with Crippen LogP contribution in [-0.2, 0) is 11.2 Å². The molecule has 0 unspecified atom stereocenters. The first-order valence-corrected chi connectivity index (χ1v) is 7.31. The van der Waals surface area contributed by atoms with Crippen molar-refractivity contribution >= 4 is 23.5 Å². The lowest BCUT2D eigenvalue weighted by Crippen LogP contribution is -2.20. The number of rotatable bonds is 6. The monoisotopic (exact) mass is 330 g/mol. The van der Waals surface area contributed by atoms with E-state index in [9.17, 15) is 9.59 Å². The van der Waals surface area contributed by atoms with Gasteiger partial charge in [0.15, 0.2) is 5.82 Å². The number of nitrogens with one attached hydrogen (secondary N) is 2. The Morgan fingerprint density at radius 3 is 2.58 bits per heavy atom. The normalized spacial score (nSPS) is 10.3. The highest BCUT2D eigenvalue weighted by molar-refractivity contribution is 5.99. The molecule has 24 heavy (non-hydrogen) atoms. The molecule has 0 saturated heterocycles. The molecule has 0 saturated carbocycles. The topological polar surface area (TPSA) is 113 Å². The smallest absolute Gasteiger partial charge is 0.324 e. The molecule has 3 N–H and O–H groups in total. The van der Waals surface area contributed by atoms with E-state index in [1.807, 2.05) is 13.8 Å². The maximum Gasteiger partial charge on any atom is 0.324 e. The van der Waals surface area contributed by atoms with Crippen LogP contribution < -0.4 is 15.4 Å². The van der Waals surface area contributed by atoms with Crippen LogP contribution in [0.2, 0.25) is 0 Å². The Morgan fingerprint density at radius 1 is 1.17 bits per heavy atom. The van der Waals surface area contributed by atoms with Crippen molar-refractivity contribution in [3.8, 4) is 5.88 Å². The SMILES string of the molecule is CC(C)Oc1ccc(NC(=O)Nc2cccc(CC(=O)O)c2)nn1. The van der Waals surface area contributed by atoms with E-state index in [0.717, 1.165) is 0 Å². The van der Waals surface area contributed by atoms with Crippen LogP contribution in [0.5, 0.6) is 5.88 Å². The number of aromatic nitrogens is 2. The van der Waals surface area contributed by atoms with E-state index in [-0.39, 0.29) is 18.3 Å². The van der Waals surface area contributed by atoms with Gasteiger partial charge in [0.1, 0.15) is 0 Å². The zero-order chi connectivity index (χ0) is 17.5. The summed E-state index contributed by atoms with van der Waals surface area (Å²) in [6.07, 6.45) is -0.126. The predicted molar refractivity (Wildman–Crippen MR) is 88.2 cm³/mol. The number of carbonyl (C=O) groups is 2. The highest BCUT2D eigenvalue weighted by atomic mass is 16.5. The van der Waals surface area contributed by atoms with Crippen molar-refractivity contribution < 1.29 is 19.4 Å². The van der Waals surface area contributed by atoms with E-state index in [2.05, 4.69) is 20.8 Å². The van der Waals surface area contributed by atoms with Gasteiger partial charge in [-0.1, -0.05) is 12.1 Å². The third kappa shape index (κ3) is 5.56. The van der Waals surface area contributed by atoms with Crippen molar-refractivity contribution in [2.45, 2.75) is 26.4 Å². The molecule has 0 radical (unpaired) electrons. The maximum absolute atomic E-state index is 11.9.